The summed E-state index contributed by atoms with van der Waals surface area (Å²) in [6.07, 6.45) is 3.51. The van der Waals surface area contributed by atoms with Crippen LogP contribution in [0.2, 0.25) is 0 Å². The molecular formula is C22H18BrN3OS. The number of halogens is 1. The van der Waals surface area contributed by atoms with Gasteiger partial charge < -0.3 is 0 Å². The van der Waals surface area contributed by atoms with E-state index < -0.39 is 0 Å². The summed E-state index contributed by atoms with van der Waals surface area (Å²) in [4.78, 5) is 24.0. The van der Waals surface area contributed by atoms with Crippen molar-refractivity contribution in [3.63, 3.8) is 0 Å². The van der Waals surface area contributed by atoms with Gasteiger partial charge in [-0.2, -0.15) is 0 Å². The molecule has 0 aliphatic carbocycles. The van der Waals surface area contributed by atoms with Crippen LogP contribution in [0.1, 0.15) is 27.0 Å². The van der Waals surface area contributed by atoms with Crippen LogP contribution in [0.4, 0.5) is 5.13 Å². The van der Waals surface area contributed by atoms with Crippen LogP contribution >= 0.6 is 27.3 Å². The Balaban J connectivity index is 1.78. The van der Waals surface area contributed by atoms with Gasteiger partial charge >= 0.3 is 0 Å². The maximum Gasteiger partial charge on any atom is 0.260 e. The lowest BCUT2D eigenvalue weighted by molar-refractivity contribution is 0.0985. The number of hydrogen-bond acceptors (Lipinski definition) is 4. The van der Waals surface area contributed by atoms with Crippen LogP contribution in [-0.2, 0) is 6.54 Å². The molecule has 4 rings (SSSR count). The highest BCUT2D eigenvalue weighted by Gasteiger charge is 2.22. The Kier molecular flexibility index (Phi) is 5.24. The second kappa shape index (κ2) is 7.81. The normalized spacial score (nSPS) is 11.0. The fourth-order valence-electron chi connectivity index (χ4n) is 2.93. The SMILES string of the molecule is Cc1cc2nc(N(Cc3cccnc3)C(=O)c3ccc(Br)cc3)sc2cc1C. The largest absolute Gasteiger partial charge is 0.279 e. The van der Waals surface area contributed by atoms with Gasteiger partial charge in [0.2, 0.25) is 0 Å². The van der Waals surface area contributed by atoms with Gasteiger partial charge in [0, 0.05) is 22.4 Å². The van der Waals surface area contributed by atoms with Gasteiger partial charge in [0.05, 0.1) is 16.8 Å². The van der Waals surface area contributed by atoms with E-state index in [2.05, 4.69) is 46.9 Å². The molecule has 0 bridgehead atoms. The third-order valence-corrected chi connectivity index (χ3v) is 6.19. The fraction of sp³-hybridized carbons (Fsp3) is 0.136. The van der Waals surface area contributed by atoms with Crippen LogP contribution in [0.3, 0.4) is 0 Å². The summed E-state index contributed by atoms with van der Waals surface area (Å²) in [6.45, 7) is 4.59. The van der Waals surface area contributed by atoms with Crippen molar-refractivity contribution in [2.75, 3.05) is 4.90 Å². The monoisotopic (exact) mass is 451 g/mol. The molecule has 1 amide bonds. The van der Waals surface area contributed by atoms with Crippen molar-refractivity contribution in [3.8, 4) is 0 Å². The summed E-state index contributed by atoms with van der Waals surface area (Å²) < 4.78 is 2.02. The first-order valence-electron chi connectivity index (χ1n) is 8.85. The summed E-state index contributed by atoms with van der Waals surface area (Å²) in [5.41, 5.74) is 4.92. The van der Waals surface area contributed by atoms with Crippen molar-refractivity contribution >= 4 is 48.5 Å². The Morgan fingerprint density at radius 1 is 1.11 bits per heavy atom. The minimum Gasteiger partial charge on any atom is -0.279 e. The van der Waals surface area contributed by atoms with Crippen molar-refractivity contribution in [3.05, 3.63) is 87.7 Å². The van der Waals surface area contributed by atoms with E-state index >= 15 is 0 Å². The number of nitrogens with zero attached hydrogens (tertiary/aromatic N) is 3. The number of amides is 1. The van der Waals surface area contributed by atoms with Gasteiger partial charge in [0.1, 0.15) is 0 Å². The molecule has 0 saturated carbocycles. The number of aryl methyl sites for hydroxylation is 2. The van der Waals surface area contributed by atoms with Crippen molar-refractivity contribution in [1.29, 1.82) is 0 Å². The van der Waals surface area contributed by atoms with Crippen molar-refractivity contribution in [2.45, 2.75) is 20.4 Å². The van der Waals surface area contributed by atoms with Crippen LogP contribution in [0.15, 0.2) is 65.4 Å². The average Bonchev–Trinajstić information content (AvgIpc) is 3.09. The molecular weight excluding hydrogens is 434 g/mol. The molecule has 0 atom stereocenters. The fourth-order valence-corrected chi connectivity index (χ4v) is 4.24. The standard InChI is InChI=1S/C22H18BrN3OS/c1-14-10-19-20(11-15(14)2)28-22(25-19)26(13-16-4-3-9-24-12-16)21(27)17-5-7-18(23)8-6-17/h3-12H,13H2,1-2H3. The lowest BCUT2D eigenvalue weighted by atomic mass is 10.1. The molecule has 0 unspecified atom stereocenters. The Hall–Kier alpha value is -2.57. The van der Waals surface area contributed by atoms with Crippen LogP contribution in [-0.4, -0.2) is 15.9 Å². The molecule has 2 aromatic carbocycles. The van der Waals surface area contributed by atoms with Crippen molar-refractivity contribution in [2.24, 2.45) is 0 Å². The number of aromatic nitrogens is 2. The molecule has 2 aromatic heterocycles. The minimum absolute atomic E-state index is 0.0798. The first-order chi connectivity index (χ1) is 13.5. The van der Waals surface area contributed by atoms with Gasteiger partial charge in [-0.1, -0.05) is 33.3 Å². The van der Waals surface area contributed by atoms with Gasteiger partial charge in [-0.25, -0.2) is 4.98 Å². The van der Waals surface area contributed by atoms with E-state index in [9.17, 15) is 4.79 Å². The summed E-state index contributed by atoms with van der Waals surface area (Å²) in [5.74, 6) is -0.0798. The second-order valence-corrected chi connectivity index (χ2v) is 8.58. The van der Waals surface area contributed by atoms with Crippen LogP contribution in [0.5, 0.6) is 0 Å². The zero-order valence-electron chi connectivity index (χ0n) is 15.5. The van der Waals surface area contributed by atoms with E-state index in [-0.39, 0.29) is 5.91 Å². The highest BCUT2D eigenvalue weighted by Crippen LogP contribution is 2.32. The van der Waals surface area contributed by atoms with E-state index in [4.69, 9.17) is 4.98 Å². The molecule has 0 spiro atoms. The Bertz CT molecular complexity index is 1100. The molecule has 0 saturated heterocycles. The maximum absolute atomic E-state index is 13.3. The molecule has 4 nitrogen and oxygen atoms in total. The van der Waals surface area contributed by atoms with Gasteiger partial charge in [-0.15, -0.1) is 0 Å². The molecule has 0 aliphatic rings. The zero-order valence-corrected chi connectivity index (χ0v) is 17.9. The number of hydrogen-bond donors (Lipinski definition) is 0. The maximum atomic E-state index is 13.3. The molecule has 140 valence electrons. The lowest BCUT2D eigenvalue weighted by Crippen LogP contribution is -2.30. The number of thiazole rings is 1. The molecule has 0 N–H and O–H groups in total. The van der Waals surface area contributed by atoms with Crippen LogP contribution < -0.4 is 4.90 Å². The summed E-state index contributed by atoms with van der Waals surface area (Å²) in [6, 6.07) is 15.5. The quantitative estimate of drug-likeness (QED) is 0.386. The Labute approximate surface area is 176 Å². The third-order valence-electron chi connectivity index (χ3n) is 4.62. The van der Waals surface area contributed by atoms with E-state index in [1.54, 1.807) is 17.3 Å². The van der Waals surface area contributed by atoms with Crippen LogP contribution in [0.25, 0.3) is 10.2 Å². The number of carbonyl (C=O) groups is 1. The number of benzene rings is 2. The number of carbonyl (C=O) groups excluding carboxylic acids is 1. The van der Waals surface area contributed by atoms with Crippen molar-refractivity contribution < 1.29 is 4.79 Å². The van der Waals surface area contributed by atoms with Gasteiger partial charge in [0.25, 0.3) is 5.91 Å². The summed E-state index contributed by atoms with van der Waals surface area (Å²) in [7, 11) is 0. The molecule has 0 fully saturated rings. The Morgan fingerprint density at radius 3 is 2.57 bits per heavy atom. The Morgan fingerprint density at radius 2 is 1.86 bits per heavy atom. The number of anilines is 1. The van der Waals surface area contributed by atoms with E-state index in [1.807, 2.05) is 36.4 Å². The highest BCUT2D eigenvalue weighted by atomic mass is 79.9. The topological polar surface area (TPSA) is 46.1 Å². The lowest BCUT2D eigenvalue weighted by Gasteiger charge is -2.20. The molecule has 28 heavy (non-hydrogen) atoms. The van der Waals surface area contributed by atoms with E-state index in [0.717, 1.165) is 20.3 Å². The first-order valence-corrected chi connectivity index (χ1v) is 10.5. The molecule has 4 aromatic rings. The highest BCUT2D eigenvalue weighted by molar-refractivity contribution is 9.10. The minimum atomic E-state index is -0.0798. The van der Waals surface area contributed by atoms with Gasteiger partial charge in [-0.05, 0) is 73.0 Å². The van der Waals surface area contributed by atoms with Gasteiger partial charge in [0.15, 0.2) is 5.13 Å². The summed E-state index contributed by atoms with van der Waals surface area (Å²) in [5, 5.41) is 0.691. The first kappa shape index (κ1) is 18.8. The smallest absolute Gasteiger partial charge is 0.260 e. The molecule has 6 heteroatoms. The summed E-state index contributed by atoms with van der Waals surface area (Å²) >= 11 is 4.96. The third kappa shape index (κ3) is 3.84. The second-order valence-electron chi connectivity index (χ2n) is 6.66. The number of fused-ring (bicyclic) bond motifs is 1. The van der Waals surface area contributed by atoms with Crippen LogP contribution in [0, 0.1) is 13.8 Å². The van der Waals surface area contributed by atoms with E-state index in [1.165, 1.54) is 22.5 Å². The predicted octanol–water partition coefficient (Wildman–Crippen LogP) is 5.92. The molecule has 0 aliphatic heterocycles. The van der Waals surface area contributed by atoms with Gasteiger partial charge in [-0.3, -0.25) is 14.7 Å². The predicted molar refractivity (Wildman–Crippen MR) is 118 cm³/mol. The van der Waals surface area contributed by atoms with Crippen molar-refractivity contribution in [1.82, 2.24) is 9.97 Å². The van der Waals surface area contributed by atoms with E-state index in [0.29, 0.717) is 17.2 Å². The number of pyridine rings is 1. The molecule has 0 radical (unpaired) electrons. The molecule has 2 heterocycles. The number of rotatable bonds is 4. The zero-order chi connectivity index (χ0) is 19.7. The average molecular weight is 452 g/mol.